The fourth-order valence-electron chi connectivity index (χ4n) is 4.50. The Labute approximate surface area is 188 Å². The van der Waals surface area contributed by atoms with Gasteiger partial charge in [0.25, 0.3) is 5.91 Å². The lowest BCUT2D eigenvalue weighted by Gasteiger charge is -2.35. The van der Waals surface area contributed by atoms with Crippen molar-refractivity contribution >= 4 is 17.0 Å². The Morgan fingerprint density at radius 3 is 2.41 bits per heavy atom. The Morgan fingerprint density at radius 2 is 1.66 bits per heavy atom. The van der Waals surface area contributed by atoms with Crippen LogP contribution in [-0.4, -0.2) is 46.5 Å². The maximum Gasteiger partial charge on any atom is 0.270 e. The summed E-state index contributed by atoms with van der Waals surface area (Å²) in [5.74, 6) is 0.0825. The highest BCUT2D eigenvalue weighted by Gasteiger charge is 2.26. The van der Waals surface area contributed by atoms with Crippen LogP contribution in [0.4, 0.5) is 0 Å². The van der Waals surface area contributed by atoms with Gasteiger partial charge in [0.05, 0.1) is 11.8 Å². The SMILES string of the molecule is Cc1ccc(Cn2c(C(=O)N3CCN(Cc4ccccc4C)CC3)cc3occc32)cc1. The fraction of sp³-hybridized carbons (Fsp3) is 0.296. The van der Waals surface area contributed by atoms with Crippen molar-refractivity contribution in [2.45, 2.75) is 26.9 Å². The number of rotatable bonds is 5. The molecule has 0 unspecified atom stereocenters. The van der Waals surface area contributed by atoms with E-state index < -0.39 is 0 Å². The van der Waals surface area contributed by atoms with E-state index in [1.165, 1.54) is 22.3 Å². The first-order chi connectivity index (χ1) is 15.6. The van der Waals surface area contributed by atoms with Gasteiger partial charge in [0.2, 0.25) is 0 Å². The number of aromatic nitrogens is 1. The van der Waals surface area contributed by atoms with E-state index in [1.54, 1.807) is 6.26 Å². The molecule has 2 aromatic carbocycles. The average Bonchev–Trinajstić information content (AvgIpc) is 3.39. The molecule has 0 radical (unpaired) electrons. The van der Waals surface area contributed by atoms with Gasteiger partial charge in [-0.25, -0.2) is 0 Å². The third kappa shape index (κ3) is 4.08. The zero-order valence-electron chi connectivity index (χ0n) is 18.8. The molecule has 4 aromatic rings. The maximum atomic E-state index is 13.5. The van der Waals surface area contributed by atoms with Crippen molar-refractivity contribution in [1.29, 1.82) is 0 Å². The van der Waals surface area contributed by atoms with E-state index in [9.17, 15) is 4.79 Å². The topological polar surface area (TPSA) is 41.6 Å². The molecule has 0 atom stereocenters. The van der Waals surface area contributed by atoms with Gasteiger partial charge in [0.15, 0.2) is 5.58 Å². The van der Waals surface area contributed by atoms with E-state index in [0.29, 0.717) is 12.2 Å². The standard InChI is InChI=1S/C27H29N3O2/c1-20-7-9-22(10-8-20)18-30-24-11-16-32-26(24)17-25(30)27(31)29-14-12-28(13-15-29)19-23-6-4-3-5-21(23)2/h3-11,16-17H,12-15,18-19H2,1-2H3. The van der Waals surface area contributed by atoms with Crippen LogP contribution in [0, 0.1) is 13.8 Å². The molecule has 0 saturated carbocycles. The van der Waals surface area contributed by atoms with Crippen LogP contribution in [0.15, 0.2) is 71.3 Å². The molecular formula is C27H29N3O2. The highest BCUT2D eigenvalue weighted by Crippen LogP contribution is 2.24. The predicted octanol–water partition coefficient (Wildman–Crippen LogP) is 4.86. The molecule has 32 heavy (non-hydrogen) atoms. The van der Waals surface area contributed by atoms with Crippen molar-refractivity contribution in [3.8, 4) is 0 Å². The highest BCUT2D eigenvalue weighted by atomic mass is 16.3. The number of hydrogen-bond acceptors (Lipinski definition) is 3. The Bertz CT molecular complexity index is 1230. The van der Waals surface area contributed by atoms with E-state index in [0.717, 1.165) is 43.8 Å². The van der Waals surface area contributed by atoms with Crippen LogP contribution in [0.25, 0.3) is 11.1 Å². The van der Waals surface area contributed by atoms with Crippen LogP contribution in [0.5, 0.6) is 0 Å². The second kappa shape index (κ2) is 8.67. The van der Waals surface area contributed by atoms with E-state index in [2.05, 4.69) is 71.8 Å². The minimum Gasteiger partial charge on any atom is -0.463 e. The second-order valence-electron chi connectivity index (χ2n) is 8.77. The number of nitrogens with zero attached hydrogens (tertiary/aromatic N) is 3. The molecule has 1 saturated heterocycles. The van der Waals surface area contributed by atoms with Crippen molar-refractivity contribution < 1.29 is 9.21 Å². The van der Waals surface area contributed by atoms with Crippen LogP contribution in [0.3, 0.4) is 0 Å². The molecule has 0 N–H and O–H groups in total. The summed E-state index contributed by atoms with van der Waals surface area (Å²) in [6.07, 6.45) is 1.69. The van der Waals surface area contributed by atoms with Gasteiger partial charge < -0.3 is 13.9 Å². The lowest BCUT2D eigenvalue weighted by Crippen LogP contribution is -2.48. The fourth-order valence-corrected chi connectivity index (χ4v) is 4.50. The lowest BCUT2D eigenvalue weighted by molar-refractivity contribution is 0.0618. The monoisotopic (exact) mass is 427 g/mol. The minimum absolute atomic E-state index is 0.0825. The van der Waals surface area contributed by atoms with Gasteiger partial charge in [0, 0.05) is 51.4 Å². The maximum absolute atomic E-state index is 13.5. The largest absolute Gasteiger partial charge is 0.463 e. The van der Waals surface area contributed by atoms with E-state index in [-0.39, 0.29) is 5.91 Å². The molecule has 2 aromatic heterocycles. The highest BCUT2D eigenvalue weighted by molar-refractivity contribution is 5.97. The normalized spacial score (nSPS) is 14.9. The average molecular weight is 428 g/mol. The van der Waals surface area contributed by atoms with Crippen molar-refractivity contribution in [3.63, 3.8) is 0 Å². The molecule has 5 rings (SSSR count). The zero-order chi connectivity index (χ0) is 22.1. The summed E-state index contributed by atoms with van der Waals surface area (Å²) < 4.78 is 7.72. The lowest BCUT2D eigenvalue weighted by atomic mass is 10.1. The smallest absolute Gasteiger partial charge is 0.270 e. The van der Waals surface area contributed by atoms with Crippen molar-refractivity contribution in [3.05, 3.63) is 94.9 Å². The quantitative estimate of drug-likeness (QED) is 0.457. The van der Waals surface area contributed by atoms with Crippen molar-refractivity contribution in [2.75, 3.05) is 26.2 Å². The number of carbonyl (C=O) groups excluding carboxylic acids is 1. The van der Waals surface area contributed by atoms with E-state index in [1.807, 2.05) is 17.0 Å². The van der Waals surface area contributed by atoms with Gasteiger partial charge in [-0.05, 0) is 30.5 Å². The number of piperazine rings is 1. The number of amides is 1. The molecule has 0 aliphatic carbocycles. The molecule has 1 aliphatic rings. The summed E-state index contributed by atoms with van der Waals surface area (Å²) >= 11 is 0. The first-order valence-electron chi connectivity index (χ1n) is 11.3. The van der Waals surface area contributed by atoms with Crippen LogP contribution in [0.2, 0.25) is 0 Å². The minimum atomic E-state index is 0.0825. The van der Waals surface area contributed by atoms with Gasteiger partial charge in [-0.15, -0.1) is 0 Å². The number of benzene rings is 2. The zero-order valence-corrected chi connectivity index (χ0v) is 18.8. The summed E-state index contributed by atoms with van der Waals surface area (Å²) in [6, 6.07) is 20.8. The summed E-state index contributed by atoms with van der Waals surface area (Å²) in [7, 11) is 0. The Kier molecular flexibility index (Phi) is 5.58. The molecule has 5 heteroatoms. The Morgan fingerprint density at radius 1 is 0.906 bits per heavy atom. The van der Waals surface area contributed by atoms with E-state index >= 15 is 0 Å². The third-order valence-electron chi connectivity index (χ3n) is 6.52. The van der Waals surface area contributed by atoms with E-state index in [4.69, 9.17) is 4.42 Å². The molecule has 5 nitrogen and oxygen atoms in total. The van der Waals surface area contributed by atoms with Gasteiger partial charge in [-0.1, -0.05) is 54.1 Å². The predicted molar refractivity (Wildman–Crippen MR) is 127 cm³/mol. The molecule has 164 valence electrons. The number of aryl methyl sites for hydroxylation is 2. The summed E-state index contributed by atoms with van der Waals surface area (Å²) in [5, 5.41) is 0. The number of hydrogen-bond donors (Lipinski definition) is 0. The summed E-state index contributed by atoms with van der Waals surface area (Å²) in [5.41, 5.74) is 7.51. The molecule has 1 fully saturated rings. The molecule has 1 amide bonds. The van der Waals surface area contributed by atoms with Crippen LogP contribution in [0.1, 0.15) is 32.7 Å². The number of carbonyl (C=O) groups is 1. The summed E-state index contributed by atoms with van der Waals surface area (Å²) in [6.45, 7) is 9.07. The van der Waals surface area contributed by atoms with Gasteiger partial charge in [-0.3, -0.25) is 9.69 Å². The Balaban J connectivity index is 1.31. The second-order valence-corrected chi connectivity index (χ2v) is 8.77. The Hall–Kier alpha value is -3.31. The third-order valence-corrected chi connectivity index (χ3v) is 6.52. The van der Waals surface area contributed by atoms with Crippen LogP contribution < -0.4 is 0 Å². The van der Waals surface area contributed by atoms with Gasteiger partial charge in [0.1, 0.15) is 5.69 Å². The molecule has 0 spiro atoms. The number of furan rings is 1. The van der Waals surface area contributed by atoms with Crippen LogP contribution >= 0.6 is 0 Å². The molecule has 3 heterocycles. The molecule has 0 bridgehead atoms. The first kappa shape index (κ1) is 20.6. The molecular weight excluding hydrogens is 398 g/mol. The summed E-state index contributed by atoms with van der Waals surface area (Å²) in [4.78, 5) is 17.9. The van der Waals surface area contributed by atoms with Gasteiger partial charge in [-0.2, -0.15) is 0 Å². The van der Waals surface area contributed by atoms with Crippen molar-refractivity contribution in [1.82, 2.24) is 14.4 Å². The van der Waals surface area contributed by atoms with Gasteiger partial charge >= 0.3 is 0 Å². The molecule has 1 aliphatic heterocycles. The number of fused-ring (bicyclic) bond motifs is 1. The van der Waals surface area contributed by atoms with Crippen molar-refractivity contribution in [2.24, 2.45) is 0 Å². The van der Waals surface area contributed by atoms with Crippen LogP contribution in [-0.2, 0) is 13.1 Å². The first-order valence-corrected chi connectivity index (χ1v) is 11.3.